The Bertz CT molecular complexity index is 400. The second-order valence-corrected chi connectivity index (χ2v) is 4.88. The maximum Gasteiger partial charge on any atom is 0.254 e. The van der Waals surface area contributed by atoms with Gasteiger partial charge >= 0.3 is 0 Å². The fraction of sp³-hybridized carbons (Fsp3) is 0.545. The van der Waals surface area contributed by atoms with Crippen LogP contribution in [0.25, 0.3) is 0 Å². The molecule has 1 rings (SSSR count). The van der Waals surface area contributed by atoms with Crippen molar-refractivity contribution in [3.05, 3.63) is 27.7 Å². The van der Waals surface area contributed by atoms with Gasteiger partial charge in [-0.05, 0) is 26.8 Å². The molecule has 0 spiro atoms. The summed E-state index contributed by atoms with van der Waals surface area (Å²) in [4.78, 5) is 13.0. The highest BCUT2D eigenvalue weighted by molar-refractivity contribution is 7.99. The lowest BCUT2D eigenvalue weighted by atomic mass is 10.2. The van der Waals surface area contributed by atoms with Crippen LogP contribution in [0.5, 0.6) is 0 Å². The Labute approximate surface area is 99.6 Å². The molecule has 4 heteroatoms. The number of thioether (sulfide) groups is 1. The standard InChI is InChI=1S/C11H16ClNOS/c1-4-13-8(2)7-10(15-6-5-12)9(3)11(13)14/h7H,4-6H2,1-3H3. The normalized spacial score (nSPS) is 10.7. The van der Waals surface area contributed by atoms with Crippen LogP contribution >= 0.6 is 23.4 Å². The van der Waals surface area contributed by atoms with Crippen LogP contribution in [-0.2, 0) is 6.54 Å². The summed E-state index contributed by atoms with van der Waals surface area (Å²) in [6, 6.07) is 2.07. The Hall–Kier alpha value is -0.410. The number of nitrogens with zero attached hydrogens (tertiary/aromatic N) is 1. The number of halogens is 1. The molecule has 2 nitrogen and oxygen atoms in total. The van der Waals surface area contributed by atoms with Crippen LogP contribution < -0.4 is 5.56 Å². The van der Waals surface area contributed by atoms with Crippen LogP contribution in [0, 0.1) is 13.8 Å². The van der Waals surface area contributed by atoms with Crippen LogP contribution in [0.15, 0.2) is 15.8 Å². The maximum absolute atomic E-state index is 11.9. The molecular formula is C11H16ClNOS. The molecule has 0 N–H and O–H groups in total. The van der Waals surface area contributed by atoms with Gasteiger partial charge in [-0.15, -0.1) is 23.4 Å². The molecule has 0 saturated heterocycles. The molecule has 15 heavy (non-hydrogen) atoms. The second-order valence-electron chi connectivity index (χ2n) is 3.36. The van der Waals surface area contributed by atoms with Crippen LogP contribution in [0.4, 0.5) is 0 Å². The first-order valence-corrected chi connectivity index (χ1v) is 6.53. The fourth-order valence-corrected chi connectivity index (χ4v) is 2.62. The Morgan fingerprint density at radius 3 is 2.67 bits per heavy atom. The van der Waals surface area contributed by atoms with Crippen molar-refractivity contribution in [2.75, 3.05) is 11.6 Å². The summed E-state index contributed by atoms with van der Waals surface area (Å²) in [5.74, 6) is 1.46. The van der Waals surface area contributed by atoms with E-state index in [9.17, 15) is 4.79 Å². The molecule has 0 aliphatic rings. The molecule has 0 fully saturated rings. The number of hydrogen-bond donors (Lipinski definition) is 0. The van der Waals surface area contributed by atoms with Gasteiger partial charge in [-0.2, -0.15) is 0 Å². The topological polar surface area (TPSA) is 22.0 Å². The fourth-order valence-electron chi connectivity index (χ4n) is 1.54. The van der Waals surface area contributed by atoms with Gasteiger partial charge in [0.15, 0.2) is 0 Å². The second kappa shape index (κ2) is 5.61. The molecule has 1 aromatic heterocycles. The molecule has 0 saturated carbocycles. The zero-order valence-electron chi connectivity index (χ0n) is 9.34. The van der Waals surface area contributed by atoms with Gasteiger partial charge in [0, 0.05) is 34.3 Å². The lowest BCUT2D eigenvalue weighted by Crippen LogP contribution is -2.24. The summed E-state index contributed by atoms with van der Waals surface area (Å²) < 4.78 is 1.79. The smallest absolute Gasteiger partial charge is 0.254 e. The number of aromatic nitrogens is 1. The number of rotatable bonds is 4. The number of alkyl halides is 1. The van der Waals surface area contributed by atoms with E-state index in [1.807, 2.05) is 20.8 Å². The third-order valence-electron chi connectivity index (χ3n) is 2.35. The Morgan fingerprint density at radius 1 is 1.47 bits per heavy atom. The van der Waals surface area contributed by atoms with Crippen LogP contribution in [0.3, 0.4) is 0 Å². The van der Waals surface area contributed by atoms with E-state index >= 15 is 0 Å². The van der Waals surface area contributed by atoms with Crippen molar-refractivity contribution in [3.8, 4) is 0 Å². The average Bonchev–Trinajstić information content (AvgIpc) is 2.22. The SMILES string of the molecule is CCn1c(C)cc(SCCCl)c(C)c1=O. The van der Waals surface area contributed by atoms with Gasteiger partial charge in [-0.25, -0.2) is 0 Å². The molecular weight excluding hydrogens is 230 g/mol. The van der Waals surface area contributed by atoms with Crippen molar-refractivity contribution < 1.29 is 0 Å². The van der Waals surface area contributed by atoms with Gasteiger partial charge in [-0.3, -0.25) is 4.79 Å². The summed E-state index contributed by atoms with van der Waals surface area (Å²) in [7, 11) is 0. The Morgan fingerprint density at radius 2 is 2.13 bits per heavy atom. The van der Waals surface area contributed by atoms with Gasteiger partial charge < -0.3 is 4.57 Å². The van der Waals surface area contributed by atoms with E-state index in [1.54, 1.807) is 16.3 Å². The van der Waals surface area contributed by atoms with Crippen molar-refractivity contribution in [2.45, 2.75) is 32.2 Å². The van der Waals surface area contributed by atoms with E-state index in [0.29, 0.717) is 5.88 Å². The molecule has 0 aromatic carbocycles. The van der Waals surface area contributed by atoms with Gasteiger partial charge in [0.2, 0.25) is 0 Å². The van der Waals surface area contributed by atoms with Crippen LogP contribution in [0.1, 0.15) is 18.2 Å². The number of pyridine rings is 1. The van der Waals surface area contributed by atoms with Gasteiger partial charge in [0.1, 0.15) is 0 Å². The first kappa shape index (κ1) is 12.7. The highest BCUT2D eigenvalue weighted by atomic mass is 35.5. The third-order valence-corrected chi connectivity index (χ3v) is 3.91. The summed E-state index contributed by atoms with van der Waals surface area (Å²) in [6.45, 7) is 6.56. The lowest BCUT2D eigenvalue weighted by molar-refractivity contribution is 0.688. The van der Waals surface area contributed by atoms with E-state index in [0.717, 1.165) is 28.5 Å². The minimum atomic E-state index is 0.120. The molecule has 0 aliphatic heterocycles. The van der Waals surface area contributed by atoms with E-state index in [2.05, 4.69) is 6.07 Å². The van der Waals surface area contributed by atoms with E-state index in [4.69, 9.17) is 11.6 Å². The van der Waals surface area contributed by atoms with Crippen molar-refractivity contribution in [2.24, 2.45) is 0 Å². The van der Waals surface area contributed by atoms with E-state index < -0.39 is 0 Å². The Kier molecular flexibility index (Phi) is 4.74. The zero-order valence-corrected chi connectivity index (χ0v) is 10.9. The molecule has 0 atom stereocenters. The first-order valence-electron chi connectivity index (χ1n) is 5.01. The molecule has 0 radical (unpaired) electrons. The van der Waals surface area contributed by atoms with Gasteiger partial charge in [0.25, 0.3) is 5.56 Å². The first-order chi connectivity index (χ1) is 7.11. The molecule has 1 aromatic rings. The van der Waals surface area contributed by atoms with Gasteiger partial charge in [-0.1, -0.05) is 0 Å². The lowest BCUT2D eigenvalue weighted by Gasteiger charge is -2.11. The molecule has 0 aliphatic carbocycles. The summed E-state index contributed by atoms with van der Waals surface area (Å²) in [6.07, 6.45) is 0. The van der Waals surface area contributed by atoms with Crippen molar-refractivity contribution in [3.63, 3.8) is 0 Å². The molecule has 0 unspecified atom stereocenters. The molecule has 0 amide bonds. The molecule has 84 valence electrons. The quantitative estimate of drug-likeness (QED) is 0.601. The van der Waals surface area contributed by atoms with Crippen molar-refractivity contribution >= 4 is 23.4 Å². The number of aryl methyl sites for hydroxylation is 1. The minimum absolute atomic E-state index is 0.120. The third kappa shape index (κ3) is 2.79. The largest absolute Gasteiger partial charge is 0.313 e. The molecule has 0 bridgehead atoms. The molecule has 1 heterocycles. The summed E-state index contributed by atoms with van der Waals surface area (Å²) >= 11 is 7.29. The summed E-state index contributed by atoms with van der Waals surface area (Å²) in [5, 5.41) is 0. The van der Waals surface area contributed by atoms with Crippen molar-refractivity contribution in [1.82, 2.24) is 4.57 Å². The van der Waals surface area contributed by atoms with E-state index in [-0.39, 0.29) is 5.56 Å². The van der Waals surface area contributed by atoms with Gasteiger partial charge in [0.05, 0.1) is 0 Å². The average molecular weight is 246 g/mol. The predicted molar refractivity (Wildman–Crippen MR) is 67.3 cm³/mol. The highest BCUT2D eigenvalue weighted by Crippen LogP contribution is 2.21. The number of hydrogen-bond acceptors (Lipinski definition) is 2. The highest BCUT2D eigenvalue weighted by Gasteiger charge is 2.08. The van der Waals surface area contributed by atoms with Crippen LogP contribution in [0.2, 0.25) is 0 Å². The zero-order chi connectivity index (χ0) is 11.4. The maximum atomic E-state index is 11.9. The van der Waals surface area contributed by atoms with Crippen LogP contribution in [-0.4, -0.2) is 16.2 Å². The van der Waals surface area contributed by atoms with Crippen molar-refractivity contribution in [1.29, 1.82) is 0 Å². The minimum Gasteiger partial charge on any atom is -0.313 e. The Balaban J connectivity index is 3.16. The summed E-state index contributed by atoms with van der Waals surface area (Å²) in [5.41, 5.74) is 1.97. The predicted octanol–water partition coefficient (Wildman–Crippen LogP) is 2.82. The monoisotopic (exact) mass is 245 g/mol. The van der Waals surface area contributed by atoms with E-state index in [1.165, 1.54) is 0 Å².